The summed E-state index contributed by atoms with van der Waals surface area (Å²) >= 11 is 0. The number of alkyl halides is 3. The molecule has 1 saturated carbocycles. The van der Waals surface area contributed by atoms with Crippen LogP contribution in [0.4, 0.5) is 18.0 Å². The predicted molar refractivity (Wildman–Crippen MR) is 102 cm³/mol. The molecule has 1 unspecified atom stereocenters. The van der Waals surface area contributed by atoms with Crippen molar-refractivity contribution in [2.24, 2.45) is 0 Å². The molecular formula is C21H23F3N2O3. The Kier molecular flexibility index (Phi) is 5.91. The molecule has 0 radical (unpaired) electrons. The first-order valence-corrected chi connectivity index (χ1v) is 9.29. The van der Waals surface area contributed by atoms with Gasteiger partial charge < -0.3 is 20.1 Å². The topological polar surface area (TPSA) is 61.8 Å². The van der Waals surface area contributed by atoms with Crippen LogP contribution < -0.4 is 10.1 Å². The van der Waals surface area contributed by atoms with Gasteiger partial charge in [-0.3, -0.25) is 0 Å². The van der Waals surface area contributed by atoms with Crippen molar-refractivity contribution in [2.45, 2.75) is 44.6 Å². The summed E-state index contributed by atoms with van der Waals surface area (Å²) < 4.78 is 43.9. The Balaban J connectivity index is 1.72. The van der Waals surface area contributed by atoms with E-state index < -0.39 is 17.8 Å². The highest BCUT2D eigenvalue weighted by Gasteiger charge is 2.34. The van der Waals surface area contributed by atoms with Crippen molar-refractivity contribution in [1.29, 1.82) is 0 Å². The SMILES string of the molecule is COc1cc(CN(C(=O)NC(C)c2cccc(C(F)(F)F)c2)C2CC2)ccc1O. The van der Waals surface area contributed by atoms with Gasteiger partial charge in [-0.05, 0) is 55.2 Å². The number of carbonyl (C=O) groups excluding carboxylic acids is 1. The van der Waals surface area contributed by atoms with Gasteiger partial charge in [0.15, 0.2) is 11.5 Å². The van der Waals surface area contributed by atoms with Crippen molar-refractivity contribution in [2.75, 3.05) is 7.11 Å². The van der Waals surface area contributed by atoms with Gasteiger partial charge in [0.1, 0.15) is 0 Å². The van der Waals surface area contributed by atoms with Crippen molar-refractivity contribution in [1.82, 2.24) is 10.2 Å². The lowest BCUT2D eigenvalue weighted by atomic mass is 10.0. The van der Waals surface area contributed by atoms with Gasteiger partial charge in [-0.1, -0.05) is 18.2 Å². The first-order valence-electron chi connectivity index (χ1n) is 9.29. The standard InChI is InChI=1S/C21H23F3N2O3/c1-13(15-4-3-5-16(11-15)21(22,23)24)25-20(28)26(17-7-8-17)12-14-6-9-18(27)19(10-14)29-2/h3-6,9-11,13,17,27H,7-8,12H2,1-2H3,(H,25,28). The average molecular weight is 408 g/mol. The van der Waals surface area contributed by atoms with Gasteiger partial charge in [-0.25, -0.2) is 4.79 Å². The number of ether oxygens (including phenoxy) is 1. The van der Waals surface area contributed by atoms with Gasteiger partial charge in [0, 0.05) is 12.6 Å². The maximum atomic E-state index is 12.9. The molecule has 2 amide bonds. The highest BCUT2D eigenvalue weighted by Crippen LogP contribution is 2.33. The number of benzene rings is 2. The average Bonchev–Trinajstić information content (AvgIpc) is 3.51. The van der Waals surface area contributed by atoms with Gasteiger partial charge in [-0.2, -0.15) is 13.2 Å². The molecule has 2 aromatic rings. The number of phenolic OH excluding ortho intramolecular Hbond substituents is 1. The third-order valence-electron chi connectivity index (χ3n) is 4.90. The first kappa shape index (κ1) is 20.8. The number of rotatable bonds is 6. The zero-order chi connectivity index (χ0) is 21.2. The van der Waals surface area contributed by atoms with Crippen molar-refractivity contribution >= 4 is 6.03 Å². The van der Waals surface area contributed by atoms with Crippen LogP contribution in [0.3, 0.4) is 0 Å². The van der Waals surface area contributed by atoms with E-state index in [9.17, 15) is 23.1 Å². The lowest BCUT2D eigenvalue weighted by molar-refractivity contribution is -0.137. The van der Waals surface area contributed by atoms with Crippen LogP contribution in [-0.2, 0) is 12.7 Å². The predicted octanol–water partition coefficient (Wildman–Crippen LogP) is 4.85. The lowest BCUT2D eigenvalue weighted by Gasteiger charge is -2.26. The summed E-state index contributed by atoms with van der Waals surface area (Å²) in [6, 6.07) is 8.99. The lowest BCUT2D eigenvalue weighted by Crippen LogP contribution is -2.42. The summed E-state index contributed by atoms with van der Waals surface area (Å²) in [5.41, 5.74) is 0.426. The van der Waals surface area contributed by atoms with Crippen molar-refractivity contribution in [3.8, 4) is 11.5 Å². The highest BCUT2D eigenvalue weighted by molar-refractivity contribution is 5.75. The number of hydrogen-bond acceptors (Lipinski definition) is 3. The third kappa shape index (κ3) is 5.13. The number of nitrogens with one attached hydrogen (secondary N) is 1. The summed E-state index contributed by atoms with van der Waals surface area (Å²) in [6.45, 7) is 1.96. The molecule has 0 spiro atoms. The van der Waals surface area contributed by atoms with Crippen molar-refractivity contribution in [3.05, 3.63) is 59.2 Å². The molecule has 29 heavy (non-hydrogen) atoms. The number of aromatic hydroxyl groups is 1. The van der Waals surface area contributed by atoms with E-state index in [4.69, 9.17) is 4.74 Å². The summed E-state index contributed by atoms with van der Waals surface area (Å²) in [6.07, 6.45) is -2.68. The summed E-state index contributed by atoms with van der Waals surface area (Å²) in [7, 11) is 1.45. The number of methoxy groups -OCH3 is 1. The Morgan fingerprint density at radius 2 is 2.00 bits per heavy atom. The first-order chi connectivity index (χ1) is 13.7. The molecule has 1 atom stereocenters. The van der Waals surface area contributed by atoms with Gasteiger partial charge in [0.2, 0.25) is 0 Å². The van der Waals surface area contributed by atoms with Crippen LogP contribution >= 0.6 is 0 Å². The smallest absolute Gasteiger partial charge is 0.416 e. The molecule has 1 fully saturated rings. The Labute approximate surface area is 167 Å². The Bertz CT molecular complexity index is 882. The fourth-order valence-electron chi connectivity index (χ4n) is 3.11. The van der Waals surface area contributed by atoms with E-state index in [0.717, 1.165) is 30.5 Å². The fourth-order valence-corrected chi connectivity index (χ4v) is 3.11. The quantitative estimate of drug-likeness (QED) is 0.718. The number of carbonyl (C=O) groups is 1. The van der Waals surface area contributed by atoms with Crippen LogP contribution in [0.1, 0.15) is 42.5 Å². The van der Waals surface area contributed by atoms with E-state index >= 15 is 0 Å². The second-order valence-corrected chi connectivity index (χ2v) is 7.16. The maximum absolute atomic E-state index is 12.9. The number of phenols is 1. The number of hydrogen-bond donors (Lipinski definition) is 2. The van der Waals surface area contributed by atoms with Crippen LogP contribution in [-0.4, -0.2) is 29.2 Å². The number of urea groups is 1. The maximum Gasteiger partial charge on any atom is 0.416 e. The van der Waals surface area contributed by atoms with Crippen LogP contribution in [0.15, 0.2) is 42.5 Å². The molecule has 0 heterocycles. The van der Waals surface area contributed by atoms with E-state index in [1.165, 1.54) is 19.2 Å². The second kappa shape index (κ2) is 8.23. The van der Waals surface area contributed by atoms with E-state index in [1.807, 2.05) is 0 Å². The van der Waals surface area contributed by atoms with Gasteiger partial charge in [-0.15, -0.1) is 0 Å². The van der Waals surface area contributed by atoms with Crippen LogP contribution in [0.25, 0.3) is 0 Å². The minimum atomic E-state index is -4.43. The molecule has 0 aromatic heterocycles. The highest BCUT2D eigenvalue weighted by atomic mass is 19.4. The van der Waals surface area contributed by atoms with E-state index in [2.05, 4.69) is 5.32 Å². The van der Waals surface area contributed by atoms with E-state index in [1.54, 1.807) is 30.0 Å². The zero-order valence-electron chi connectivity index (χ0n) is 16.2. The molecule has 5 nitrogen and oxygen atoms in total. The summed E-state index contributed by atoms with van der Waals surface area (Å²) in [4.78, 5) is 14.5. The Morgan fingerprint density at radius 1 is 1.28 bits per heavy atom. The molecule has 2 aromatic carbocycles. The molecule has 0 bridgehead atoms. The van der Waals surface area contributed by atoms with E-state index in [-0.39, 0.29) is 17.8 Å². The molecular weight excluding hydrogens is 385 g/mol. The molecule has 156 valence electrons. The molecule has 0 aliphatic heterocycles. The van der Waals surface area contributed by atoms with Gasteiger partial charge in [0.05, 0.1) is 18.7 Å². The summed E-state index contributed by atoms with van der Waals surface area (Å²) in [5, 5.41) is 12.5. The largest absolute Gasteiger partial charge is 0.504 e. The van der Waals surface area contributed by atoms with Gasteiger partial charge >= 0.3 is 12.2 Å². The molecule has 0 saturated heterocycles. The van der Waals surface area contributed by atoms with E-state index in [0.29, 0.717) is 17.9 Å². The van der Waals surface area contributed by atoms with Crippen molar-refractivity contribution < 1.29 is 27.8 Å². The molecule has 2 N–H and O–H groups in total. The van der Waals surface area contributed by atoms with Crippen LogP contribution in [0.5, 0.6) is 11.5 Å². The number of nitrogens with zero attached hydrogens (tertiary/aromatic N) is 1. The number of amides is 2. The zero-order valence-corrected chi connectivity index (χ0v) is 16.2. The van der Waals surface area contributed by atoms with Crippen molar-refractivity contribution in [3.63, 3.8) is 0 Å². The number of halogens is 3. The molecule has 1 aliphatic carbocycles. The monoisotopic (exact) mass is 408 g/mol. The molecule has 3 rings (SSSR count). The van der Waals surface area contributed by atoms with Crippen LogP contribution in [0, 0.1) is 0 Å². The molecule has 1 aliphatic rings. The normalized spacial score (nSPS) is 14.9. The Morgan fingerprint density at radius 3 is 2.62 bits per heavy atom. The Hall–Kier alpha value is -2.90. The minimum absolute atomic E-state index is 0.0110. The fraction of sp³-hybridized carbons (Fsp3) is 0.381. The minimum Gasteiger partial charge on any atom is -0.504 e. The summed E-state index contributed by atoms with van der Waals surface area (Å²) in [5.74, 6) is 0.327. The van der Waals surface area contributed by atoms with Crippen LogP contribution in [0.2, 0.25) is 0 Å². The molecule has 8 heteroatoms. The third-order valence-corrected chi connectivity index (χ3v) is 4.90. The van der Waals surface area contributed by atoms with Gasteiger partial charge in [0.25, 0.3) is 0 Å². The second-order valence-electron chi connectivity index (χ2n) is 7.16.